The number of hydrogen-bond acceptors (Lipinski definition) is 3. The molecule has 1 aromatic carbocycles. The van der Waals surface area contributed by atoms with Crippen molar-refractivity contribution in [1.82, 2.24) is 15.1 Å². The number of nitrogens with zero attached hydrogens (tertiary/aromatic N) is 2. The van der Waals surface area contributed by atoms with E-state index in [0.29, 0.717) is 6.04 Å². The van der Waals surface area contributed by atoms with Gasteiger partial charge in [-0.15, -0.1) is 0 Å². The monoisotopic (exact) mass is 277 g/mol. The van der Waals surface area contributed by atoms with Gasteiger partial charge >= 0.3 is 0 Å². The van der Waals surface area contributed by atoms with Gasteiger partial charge in [0.1, 0.15) is 0 Å². The molecular formula is C17H31N3. The van der Waals surface area contributed by atoms with Crippen molar-refractivity contribution in [2.75, 3.05) is 47.3 Å². The molecular weight excluding hydrogens is 246 g/mol. The van der Waals surface area contributed by atoms with Crippen molar-refractivity contribution >= 4 is 0 Å². The van der Waals surface area contributed by atoms with Crippen LogP contribution >= 0.6 is 0 Å². The Morgan fingerprint density at radius 1 is 1.05 bits per heavy atom. The summed E-state index contributed by atoms with van der Waals surface area (Å²) < 4.78 is 0. The molecule has 0 aliphatic heterocycles. The van der Waals surface area contributed by atoms with Gasteiger partial charge in [-0.2, -0.15) is 0 Å². The fraction of sp³-hybridized carbons (Fsp3) is 0.647. The molecule has 3 heteroatoms. The predicted molar refractivity (Wildman–Crippen MR) is 88.1 cm³/mol. The van der Waals surface area contributed by atoms with Crippen LogP contribution in [0.3, 0.4) is 0 Å². The Bertz CT molecular complexity index is 337. The van der Waals surface area contributed by atoms with E-state index < -0.39 is 0 Å². The Kier molecular flexibility index (Phi) is 8.51. The van der Waals surface area contributed by atoms with Crippen LogP contribution in [0.25, 0.3) is 0 Å². The second-order valence-electron chi connectivity index (χ2n) is 5.63. The van der Waals surface area contributed by atoms with E-state index >= 15 is 0 Å². The highest BCUT2D eigenvalue weighted by Crippen LogP contribution is 2.16. The van der Waals surface area contributed by atoms with Crippen LogP contribution in [0.5, 0.6) is 0 Å². The highest BCUT2D eigenvalue weighted by atomic mass is 15.1. The van der Waals surface area contributed by atoms with E-state index in [9.17, 15) is 0 Å². The molecule has 1 N–H and O–H groups in total. The molecule has 1 unspecified atom stereocenters. The predicted octanol–water partition coefficient (Wildman–Crippen LogP) is 2.61. The molecule has 0 bridgehead atoms. The SMILES string of the molecule is CCN(CCCN(C)C)CCC(NC)c1ccccc1. The summed E-state index contributed by atoms with van der Waals surface area (Å²) in [6.45, 7) is 6.92. The number of rotatable bonds is 10. The molecule has 0 saturated heterocycles. The van der Waals surface area contributed by atoms with Gasteiger partial charge in [0.05, 0.1) is 0 Å². The fourth-order valence-corrected chi connectivity index (χ4v) is 2.51. The van der Waals surface area contributed by atoms with E-state index in [1.165, 1.54) is 25.1 Å². The summed E-state index contributed by atoms with van der Waals surface area (Å²) in [4.78, 5) is 4.81. The molecule has 3 nitrogen and oxygen atoms in total. The molecule has 0 fully saturated rings. The molecule has 0 radical (unpaired) electrons. The smallest absolute Gasteiger partial charge is 0.0329 e. The van der Waals surface area contributed by atoms with Gasteiger partial charge in [0, 0.05) is 6.04 Å². The minimum Gasteiger partial charge on any atom is -0.313 e. The number of benzene rings is 1. The molecule has 0 amide bonds. The van der Waals surface area contributed by atoms with E-state index in [-0.39, 0.29) is 0 Å². The van der Waals surface area contributed by atoms with E-state index in [2.05, 4.69) is 73.5 Å². The van der Waals surface area contributed by atoms with Crippen molar-refractivity contribution in [2.24, 2.45) is 0 Å². The summed E-state index contributed by atoms with van der Waals surface area (Å²) in [6.07, 6.45) is 2.41. The lowest BCUT2D eigenvalue weighted by Gasteiger charge is -2.24. The van der Waals surface area contributed by atoms with Gasteiger partial charge in [-0.1, -0.05) is 37.3 Å². The third-order valence-corrected chi connectivity index (χ3v) is 3.81. The van der Waals surface area contributed by atoms with Crippen LogP contribution in [-0.4, -0.2) is 57.1 Å². The Morgan fingerprint density at radius 3 is 2.30 bits per heavy atom. The average Bonchev–Trinajstić information content (AvgIpc) is 2.46. The van der Waals surface area contributed by atoms with E-state index in [4.69, 9.17) is 0 Å². The van der Waals surface area contributed by atoms with Crippen molar-refractivity contribution < 1.29 is 0 Å². The maximum absolute atomic E-state index is 3.44. The summed E-state index contributed by atoms with van der Waals surface area (Å²) in [5.74, 6) is 0. The first-order chi connectivity index (χ1) is 9.67. The first-order valence-electron chi connectivity index (χ1n) is 7.76. The lowest BCUT2D eigenvalue weighted by atomic mass is 10.0. The highest BCUT2D eigenvalue weighted by molar-refractivity contribution is 5.18. The largest absolute Gasteiger partial charge is 0.313 e. The summed E-state index contributed by atoms with van der Waals surface area (Å²) in [6, 6.07) is 11.2. The molecule has 0 spiro atoms. The molecule has 114 valence electrons. The van der Waals surface area contributed by atoms with Gasteiger partial charge in [-0.25, -0.2) is 0 Å². The molecule has 1 rings (SSSR count). The van der Waals surface area contributed by atoms with Crippen LogP contribution in [0.1, 0.15) is 31.4 Å². The summed E-state index contributed by atoms with van der Waals surface area (Å²) in [7, 11) is 6.34. The first kappa shape index (κ1) is 17.2. The molecule has 1 aromatic rings. The standard InChI is InChI=1S/C17H31N3/c1-5-20(14-9-13-19(3)4)15-12-17(18-2)16-10-7-6-8-11-16/h6-8,10-11,17-18H,5,9,12-15H2,1-4H3. The molecule has 0 saturated carbocycles. The number of nitrogens with one attached hydrogen (secondary N) is 1. The third kappa shape index (κ3) is 6.51. The van der Waals surface area contributed by atoms with Crippen molar-refractivity contribution in [3.63, 3.8) is 0 Å². The Balaban J connectivity index is 2.38. The maximum Gasteiger partial charge on any atom is 0.0329 e. The van der Waals surface area contributed by atoms with E-state index in [1.54, 1.807) is 0 Å². The highest BCUT2D eigenvalue weighted by Gasteiger charge is 2.10. The van der Waals surface area contributed by atoms with Gasteiger partial charge in [-0.3, -0.25) is 0 Å². The normalized spacial score (nSPS) is 13.1. The van der Waals surface area contributed by atoms with Gasteiger partial charge < -0.3 is 15.1 Å². The summed E-state index contributed by atoms with van der Waals surface area (Å²) in [5.41, 5.74) is 1.39. The van der Waals surface area contributed by atoms with Crippen LogP contribution in [0.2, 0.25) is 0 Å². The average molecular weight is 277 g/mol. The Labute approximate surface area is 125 Å². The summed E-state index contributed by atoms with van der Waals surface area (Å²) >= 11 is 0. The second-order valence-corrected chi connectivity index (χ2v) is 5.63. The Morgan fingerprint density at radius 2 is 1.75 bits per heavy atom. The Hall–Kier alpha value is -0.900. The zero-order valence-electron chi connectivity index (χ0n) is 13.6. The van der Waals surface area contributed by atoms with E-state index in [0.717, 1.165) is 19.5 Å². The van der Waals surface area contributed by atoms with Crippen molar-refractivity contribution in [2.45, 2.75) is 25.8 Å². The van der Waals surface area contributed by atoms with Crippen LogP contribution in [0.15, 0.2) is 30.3 Å². The van der Waals surface area contributed by atoms with Gasteiger partial charge in [-0.05, 0) is 65.7 Å². The molecule has 0 aliphatic carbocycles. The zero-order chi connectivity index (χ0) is 14.8. The third-order valence-electron chi connectivity index (χ3n) is 3.81. The molecule has 0 aromatic heterocycles. The minimum atomic E-state index is 0.457. The van der Waals surface area contributed by atoms with Crippen LogP contribution in [0, 0.1) is 0 Å². The zero-order valence-corrected chi connectivity index (χ0v) is 13.6. The van der Waals surface area contributed by atoms with Crippen LogP contribution < -0.4 is 5.32 Å². The molecule has 0 aliphatic rings. The van der Waals surface area contributed by atoms with Gasteiger partial charge in [0.25, 0.3) is 0 Å². The molecule has 20 heavy (non-hydrogen) atoms. The van der Waals surface area contributed by atoms with Crippen molar-refractivity contribution in [3.05, 3.63) is 35.9 Å². The first-order valence-corrected chi connectivity index (χ1v) is 7.76. The molecule has 1 atom stereocenters. The lowest BCUT2D eigenvalue weighted by Crippen LogP contribution is -2.30. The molecule has 0 heterocycles. The second kappa shape index (κ2) is 9.92. The van der Waals surface area contributed by atoms with Crippen LogP contribution in [-0.2, 0) is 0 Å². The quantitative estimate of drug-likeness (QED) is 0.709. The maximum atomic E-state index is 3.44. The van der Waals surface area contributed by atoms with Gasteiger partial charge in [0.15, 0.2) is 0 Å². The fourth-order valence-electron chi connectivity index (χ4n) is 2.51. The minimum absolute atomic E-state index is 0.457. The van der Waals surface area contributed by atoms with Crippen molar-refractivity contribution in [3.8, 4) is 0 Å². The number of hydrogen-bond donors (Lipinski definition) is 1. The van der Waals surface area contributed by atoms with E-state index in [1.807, 2.05) is 0 Å². The van der Waals surface area contributed by atoms with Crippen LogP contribution in [0.4, 0.5) is 0 Å². The van der Waals surface area contributed by atoms with Crippen molar-refractivity contribution in [1.29, 1.82) is 0 Å². The topological polar surface area (TPSA) is 18.5 Å². The summed E-state index contributed by atoms with van der Waals surface area (Å²) in [5, 5.41) is 3.44. The van der Waals surface area contributed by atoms with Gasteiger partial charge in [0.2, 0.25) is 0 Å². The lowest BCUT2D eigenvalue weighted by molar-refractivity contribution is 0.253.